The Hall–Kier alpha value is -1.19. The predicted molar refractivity (Wildman–Crippen MR) is 71.0 cm³/mol. The molecule has 19 heavy (non-hydrogen) atoms. The average molecular weight is 328 g/mol. The van der Waals surface area contributed by atoms with E-state index in [0.29, 0.717) is 22.7 Å². The van der Waals surface area contributed by atoms with Gasteiger partial charge in [0.05, 0.1) is 14.2 Å². The molecule has 0 saturated carbocycles. The molecular weight excluding hydrogens is 315 g/mol. The van der Waals surface area contributed by atoms with E-state index in [1.54, 1.807) is 20.3 Å². The molecule has 2 aromatic carbocycles. The maximum atomic E-state index is 5.26. The summed E-state index contributed by atoms with van der Waals surface area (Å²) in [6.07, 6.45) is 2.94. The second-order valence-corrected chi connectivity index (χ2v) is 3.51. The van der Waals surface area contributed by atoms with Gasteiger partial charge in [-0.3, -0.25) is 0 Å². The molecular formula is C15H13NO2Y-2. The number of hydrogen-bond donors (Lipinski definition) is 0. The van der Waals surface area contributed by atoms with Gasteiger partial charge in [0, 0.05) is 44.2 Å². The zero-order chi connectivity index (χ0) is 12.8. The van der Waals surface area contributed by atoms with Crippen molar-refractivity contribution in [1.29, 1.82) is 0 Å². The first-order valence-corrected chi connectivity index (χ1v) is 5.49. The van der Waals surface area contributed by atoms with Gasteiger partial charge >= 0.3 is 0 Å². The number of para-hydroxylation sites is 1. The van der Waals surface area contributed by atoms with Crippen molar-refractivity contribution in [3.63, 3.8) is 0 Å². The van der Waals surface area contributed by atoms with Crippen LogP contribution in [0.25, 0.3) is 0 Å². The van der Waals surface area contributed by atoms with Gasteiger partial charge in [-0.2, -0.15) is 24.3 Å². The first-order chi connectivity index (χ1) is 8.85. The number of methoxy groups -OCH3 is 2. The Morgan fingerprint density at radius 1 is 1.00 bits per heavy atom. The molecule has 0 fully saturated rings. The number of ether oxygens (including phenoxy) is 2. The molecule has 0 bridgehead atoms. The van der Waals surface area contributed by atoms with Gasteiger partial charge < -0.3 is 14.5 Å². The molecule has 95 valence electrons. The fourth-order valence-corrected chi connectivity index (χ4v) is 1.53. The third kappa shape index (κ3) is 4.15. The fourth-order valence-electron chi connectivity index (χ4n) is 1.53. The van der Waals surface area contributed by atoms with E-state index in [4.69, 9.17) is 9.47 Å². The first kappa shape index (κ1) is 15.9. The van der Waals surface area contributed by atoms with Gasteiger partial charge in [-0.15, -0.1) is 5.69 Å². The second kappa shape index (κ2) is 8.08. The summed E-state index contributed by atoms with van der Waals surface area (Å²) in [5, 5.41) is 0. The zero-order valence-electron chi connectivity index (χ0n) is 10.9. The van der Waals surface area contributed by atoms with Crippen LogP contribution in [0.2, 0.25) is 0 Å². The van der Waals surface area contributed by atoms with Crippen molar-refractivity contribution in [2.75, 3.05) is 14.2 Å². The quantitative estimate of drug-likeness (QED) is 0.638. The Bertz CT molecular complexity index is 519. The zero-order valence-corrected chi connectivity index (χ0v) is 13.7. The maximum absolute atomic E-state index is 5.26. The Morgan fingerprint density at radius 2 is 1.68 bits per heavy atom. The average Bonchev–Trinajstić information content (AvgIpc) is 2.45. The minimum Gasteiger partial charge on any atom is -0.539 e. The summed E-state index contributed by atoms with van der Waals surface area (Å²) in [7, 11) is 3.21. The van der Waals surface area contributed by atoms with E-state index in [1.807, 2.05) is 36.4 Å². The monoisotopic (exact) mass is 328 g/mol. The van der Waals surface area contributed by atoms with Crippen molar-refractivity contribution < 1.29 is 42.2 Å². The largest absolute Gasteiger partial charge is 0.539 e. The van der Waals surface area contributed by atoms with Crippen LogP contribution in [0.1, 0.15) is 5.56 Å². The SMILES string of the molecule is COc1cccc(OC)c1[C-]=Nc1[c-]cccc1.[Y]. The fraction of sp³-hybridized carbons (Fsp3) is 0.133. The maximum Gasteiger partial charge on any atom is 0.0648 e. The molecule has 0 amide bonds. The summed E-state index contributed by atoms with van der Waals surface area (Å²) in [5.41, 5.74) is 1.41. The predicted octanol–water partition coefficient (Wildman–Crippen LogP) is 3.13. The molecule has 0 N–H and O–H groups in total. The van der Waals surface area contributed by atoms with Gasteiger partial charge in [-0.25, -0.2) is 6.07 Å². The molecule has 0 aliphatic rings. The molecule has 0 atom stereocenters. The topological polar surface area (TPSA) is 30.8 Å². The van der Waals surface area contributed by atoms with Crippen LogP contribution in [-0.2, 0) is 32.7 Å². The van der Waals surface area contributed by atoms with E-state index < -0.39 is 0 Å². The van der Waals surface area contributed by atoms with Gasteiger partial charge in [-0.05, 0) is 11.8 Å². The molecule has 1 radical (unpaired) electrons. The molecule has 0 aromatic heterocycles. The minimum atomic E-state index is 0. The summed E-state index contributed by atoms with van der Waals surface area (Å²) in [6, 6.07) is 16.0. The van der Waals surface area contributed by atoms with Gasteiger partial charge in [0.2, 0.25) is 0 Å². The summed E-state index contributed by atoms with van der Waals surface area (Å²) in [6.45, 7) is 0. The third-order valence-electron chi connectivity index (χ3n) is 2.41. The van der Waals surface area contributed by atoms with Crippen molar-refractivity contribution in [3.8, 4) is 11.5 Å². The van der Waals surface area contributed by atoms with Gasteiger partial charge in [0.1, 0.15) is 0 Å². The summed E-state index contributed by atoms with van der Waals surface area (Å²) < 4.78 is 10.5. The number of rotatable bonds is 4. The van der Waals surface area contributed by atoms with Crippen LogP contribution in [0.5, 0.6) is 11.5 Å². The summed E-state index contributed by atoms with van der Waals surface area (Å²) in [4.78, 5) is 4.23. The van der Waals surface area contributed by atoms with Crippen LogP contribution in [0.3, 0.4) is 0 Å². The molecule has 4 heteroatoms. The Labute approximate surface area is 138 Å². The van der Waals surface area contributed by atoms with Crippen LogP contribution < -0.4 is 9.47 Å². The van der Waals surface area contributed by atoms with E-state index in [0.717, 1.165) is 0 Å². The normalized spacial score (nSPS) is 10.0. The van der Waals surface area contributed by atoms with Crippen molar-refractivity contribution in [3.05, 3.63) is 54.1 Å². The number of benzene rings is 2. The van der Waals surface area contributed by atoms with Crippen molar-refractivity contribution in [1.82, 2.24) is 0 Å². The first-order valence-electron chi connectivity index (χ1n) is 5.49. The molecule has 2 rings (SSSR count). The number of hydrogen-bond acceptors (Lipinski definition) is 3. The Morgan fingerprint density at radius 3 is 2.21 bits per heavy atom. The number of nitrogens with zero attached hydrogens (tertiary/aromatic N) is 1. The van der Waals surface area contributed by atoms with Gasteiger partial charge in [-0.1, -0.05) is 18.2 Å². The molecule has 3 nitrogen and oxygen atoms in total. The molecule has 0 aliphatic carbocycles. The molecule has 0 heterocycles. The van der Waals surface area contributed by atoms with E-state index in [9.17, 15) is 0 Å². The standard InChI is InChI=1S/C15H13NO2.Y/c1-17-14-9-6-10-15(18-2)13(14)11-16-12-7-4-3-5-8-12;/h3-7,9-10H,1-2H3;/q-2;. The smallest absolute Gasteiger partial charge is 0.0648 e. The van der Waals surface area contributed by atoms with E-state index in [-0.39, 0.29) is 32.7 Å². The van der Waals surface area contributed by atoms with Crippen LogP contribution in [-0.4, -0.2) is 20.4 Å². The van der Waals surface area contributed by atoms with Crippen molar-refractivity contribution >= 4 is 11.9 Å². The van der Waals surface area contributed by atoms with Crippen molar-refractivity contribution in [2.24, 2.45) is 4.99 Å². The van der Waals surface area contributed by atoms with Crippen molar-refractivity contribution in [2.45, 2.75) is 0 Å². The number of aliphatic imine (C=N–C) groups is 1. The van der Waals surface area contributed by atoms with Crippen LogP contribution >= 0.6 is 0 Å². The van der Waals surface area contributed by atoms with Crippen LogP contribution in [0.4, 0.5) is 5.69 Å². The third-order valence-corrected chi connectivity index (χ3v) is 2.41. The van der Waals surface area contributed by atoms with Gasteiger partial charge in [0.25, 0.3) is 0 Å². The molecule has 0 aliphatic heterocycles. The Balaban J connectivity index is 0.00000180. The van der Waals surface area contributed by atoms with E-state index in [1.165, 1.54) is 0 Å². The molecule has 0 spiro atoms. The molecule has 0 saturated heterocycles. The van der Waals surface area contributed by atoms with E-state index >= 15 is 0 Å². The minimum absolute atomic E-state index is 0. The second-order valence-electron chi connectivity index (χ2n) is 3.51. The molecule has 2 aromatic rings. The van der Waals surface area contributed by atoms with Crippen LogP contribution in [0, 0.1) is 6.07 Å². The van der Waals surface area contributed by atoms with E-state index in [2.05, 4.69) is 17.3 Å². The molecule has 0 unspecified atom stereocenters. The van der Waals surface area contributed by atoms with Crippen LogP contribution in [0.15, 0.2) is 47.5 Å². The van der Waals surface area contributed by atoms with Gasteiger partial charge in [0.15, 0.2) is 0 Å². The Kier molecular flexibility index (Phi) is 6.75. The summed E-state index contributed by atoms with van der Waals surface area (Å²) in [5.74, 6) is 1.35. The summed E-state index contributed by atoms with van der Waals surface area (Å²) >= 11 is 0.